The molecule has 404 valence electrons. The molecule has 6 nitrogen and oxygen atoms in total. The molecule has 2 atom stereocenters. The van der Waals surface area contributed by atoms with Crippen molar-refractivity contribution in [1.29, 1.82) is 0 Å². The molecule has 1 amide bonds. The maximum atomic E-state index is 12.4. The second-order valence-corrected chi connectivity index (χ2v) is 21.4. The molecule has 0 spiro atoms. The molecule has 0 aromatic heterocycles. The fourth-order valence-corrected chi connectivity index (χ4v) is 9.81. The van der Waals surface area contributed by atoms with E-state index in [0.717, 1.165) is 38.5 Å². The third-order valence-corrected chi connectivity index (χ3v) is 14.6. The highest BCUT2D eigenvalue weighted by molar-refractivity contribution is 5.76. The van der Waals surface area contributed by atoms with Gasteiger partial charge < -0.3 is 20.3 Å². The Morgan fingerprint density at radius 1 is 0.397 bits per heavy atom. The molecule has 0 heterocycles. The first kappa shape index (κ1) is 66.6. The molecular weight excluding hydrogens is 839 g/mol. The lowest BCUT2D eigenvalue weighted by Crippen LogP contribution is -2.45. The maximum absolute atomic E-state index is 12.4. The van der Waals surface area contributed by atoms with E-state index in [1.54, 1.807) is 0 Å². The molecule has 0 rings (SSSR count). The molecule has 0 bridgehead atoms. The van der Waals surface area contributed by atoms with Crippen molar-refractivity contribution < 1.29 is 24.5 Å². The molecule has 0 aromatic rings. The number of allylic oxidation sites excluding steroid dienone is 2. The van der Waals surface area contributed by atoms with E-state index in [4.69, 9.17) is 4.74 Å². The second kappa shape index (κ2) is 58.2. The van der Waals surface area contributed by atoms with Gasteiger partial charge in [-0.05, 0) is 51.4 Å². The number of hydrogen-bond acceptors (Lipinski definition) is 5. The molecule has 0 aliphatic rings. The molecule has 0 aromatic carbocycles. The summed E-state index contributed by atoms with van der Waals surface area (Å²) in [7, 11) is 0. The Labute approximate surface area is 425 Å². The first-order valence-corrected chi connectivity index (χ1v) is 30.9. The zero-order chi connectivity index (χ0) is 49.3. The van der Waals surface area contributed by atoms with Crippen LogP contribution in [0.15, 0.2) is 12.2 Å². The highest BCUT2D eigenvalue weighted by atomic mass is 16.5. The van der Waals surface area contributed by atoms with Crippen molar-refractivity contribution in [3.05, 3.63) is 12.2 Å². The lowest BCUT2D eigenvalue weighted by Gasteiger charge is -2.22. The molecule has 2 unspecified atom stereocenters. The average Bonchev–Trinajstić information content (AvgIpc) is 3.34. The summed E-state index contributed by atoms with van der Waals surface area (Å²) in [6.45, 7) is 4.97. The molecule has 0 saturated heterocycles. The molecule has 0 fully saturated rings. The largest absolute Gasteiger partial charge is 0.466 e. The van der Waals surface area contributed by atoms with Crippen LogP contribution in [0.25, 0.3) is 0 Å². The quantitative estimate of drug-likeness (QED) is 0.0321. The van der Waals surface area contributed by atoms with Crippen LogP contribution in [0.2, 0.25) is 0 Å². The van der Waals surface area contributed by atoms with E-state index in [1.807, 2.05) is 0 Å². The first-order chi connectivity index (χ1) is 33.5. The van der Waals surface area contributed by atoms with Gasteiger partial charge in [-0.25, -0.2) is 0 Å². The predicted octanol–water partition coefficient (Wildman–Crippen LogP) is 19.2. The summed E-state index contributed by atoms with van der Waals surface area (Å²) in [4.78, 5) is 24.5. The van der Waals surface area contributed by atoms with Crippen LogP contribution in [-0.2, 0) is 14.3 Å². The Morgan fingerprint density at radius 2 is 0.691 bits per heavy atom. The van der Waals surface area contributed by atoms with Crippen molar-refractivity contribution in [3.63, 3.8) is 0 Å². The SMILES string of the molecule is CCCCCCCCCCCCCCCCC(=O)OCCCCCCCCCCCCCC/C=C\CCCCCCCCCCCCC(=O)NC(CO)C(O)CCCCCCCCCCCCC. The van der Waals surface area contributed by atoms with Gasteiger partial charge in [0.1, 0.15) is 0 Å². The fraction of sp³-hybridized carbons (Fsp3) is 0.935. The molecule has 0 radical (unpaired) electrons. The zero-order valence-electron chi connectivity index (χ0n) is 46.1. The Bertz CT molecular complexity index is 1020. The van der Waals surface area contributed by atoms with Crippen molar-refractivity contribution in [2.45, 2.75) is 360 Å². The van der Waals surface area contributed by atoms with Gasteiger partial charge in [0.25, 0.3) is 0 Å². The summed E-state index contributed by atoms with van der Waals surface area (Å²) in [6.07, 6.45) is 69.4. The number of aliphatic hydroxyl groups is 2. The number of nitrogens with one attached hydrogen (secondary N) is 1. The van der Waals surface area contributed by atoms with Gasteiger partial charge in [0.15, 0.2) is 0 Å². The third-order valence-electron chi connectivity index (χ3n) is 14.6. The fourth-order valence-electron chi connectivity index (χ4n) is 9.81. The minimum atomic E-state index is -0.663. The lowest BCUT2D eigenvalue weighted by atomic mass is 10.0. The number of carbonyl (C=O) groups is 2. The number of ether oxygens (including phenoxy) is 1. The van der Waals surface area contributed by atoms with E-state index in [2.05, 4.69) is 31.3 Å². The maximum Gasteiger partial charge on any atom is 0.305 e. The number of esters is 1. The Hall–Kier alpha value is -1.40. The van der Waals surface area contributed by atoms with Crippen LogP contribution in [0.3, 0.4) is 0 Å². The molecule has 3 N–H and O–H groups in total. The van der Waals surface area contributed by atoms with Gasteiger partial charge in [0, 0.05) is 12.8 Å². The van der Waals surface area contributed by atoms with E-state index in [0.29, 0.717) is 25.9 Å². The molecular formula is C62H121NO5. The van der Waals surface area contributed by atoms with Crippen molar-refractivity contribution in [1.82, 2.24) is 5.32 Å². The lowest BCUT2D eigenvalue weighted by molar-refractivity contribution is -0.143. The number of carbonyl (C=O) groups excluding carboxylic acids is 2. The van der Waals surface area contributed by atoms with E-state index in [1.165, 1.54) is 276 Å². The molecule has 68 heavy (non-hydrogen) atoms. The van der Waals surface area contributed by atoms with Gasteiger partial charge in [-0.1, -0.05) is 296 Å². The van der Waals surface area contributed by atoms with Crippen LogP contribution in [-0.4, -0.2) is 47.4 Å². The van der Waals surface area contributed by atoms with Crippen LogP contribution >= 0.6 is 0 Å². The molecule has 0 aliphatic carbocycles. The summed E-state index contributed by atoms with van der Waals surface area (Å²) in [5, 5.41) is 23.2. The summed E-state index contributed by atoms with van der Waals surface area (Å²) in [5.74, 6) is -0.0193. The minimum absolute atomic E-state index is 0.0171. The van der Waals surface area contributed by atoms with Crippen LogP contribution in [0.5, 0.6) is 0 Å². The highest BCUT2D eigenvalue weighted by Gasteiger charge is 2.20. The predicted molar refractivity (Wildman–Crippen MR) is 297 cm³/mol. The van der Waals surface area contributed by atoms with Gasteiger partial charge in [-0.3, -0.25) is 9.59 Å². The number of hydrogen-bond donors (Lipinski definition) is 3. The van der Waals surface area contributed by atoms with E-state index in [9.17, 15) is 19.8 Å². The van der Waals surface area contributed by atoms with Crippen LogP contribution in [0, 0.1) is 0 Å². The second-order valence-electron chi connectivity index (χ2n) is 21.4. The summed E-state index contributed by atoms with van der Waals surface area (Å²) >= 11 is 0. The molecule has 0 aliphatic heterocycles. The van der Waals surface area contributed by atoms with Gasteiger partial charge in [-0.15, -0.1) is 0 Å². The normalized spacial score (nSPS) is 12.6. The van der Waals surface area contributed by atoms with Crippen LogP contribution in [0.4, 0.5) is 0 Å². The van der Waals surface area contributed by atoms with Crippen LogP contribution < -0.4 is 5.32 Å². The van der Waals surface area contributed by atoms with E-state index in [-0.39, 0.29) is 18.5 Å². The number of aliphatic hydroxyl groups excluding tert-OH is 2. The summed E-state index contributed by atoms with van der Waals surface area (Å²) in [5.41, 5.74) is 0. The summed E-state index contributed by atoms with van der Waals surface area (Å²) in [6, 6.07) is -0.540. The third kappa shape index (κ3) is 53.9. The minimum Gasteiger partial charge on any atom is -0.466 e. The van der Waals surface area contributed by atoms with Crippen molar-refractivity contribution in [3.8, 4) is 0 Å². The Morgan fingerprint density at radius 3 is 1.04 bits per heavy atom. The number of amides is 1. The van der Waals surface area contributed by atoms with Gasteiger partial charge in [0.05, 0.1) is 25.4 Å². The van der Waals surface area contributed by atoms with Gasteiger partial charge in [-0.2, -0.15) is 0 Å². The monoisotopic (exact) mass is 960 g/mol. The van der Waals surface area contributed by atoms with Crippen molar-refractivity contribution in [2.75, 3.05) is 13.2 Å². The first-order valence-electron chi connectivity index (χ1n) is 30.9. The number of unbranched alkanes of at least 4 members (excludes halogenated alkanes) is 45. The van der Waals surface area contributed by atoms with Gasteiger partial charge in [0.2, 0.25) is 5.91 Å². The standard InChI is InChI=1S/C62H121NO5/c1-3-5-7-9-11-13-15-16-32-36-40-44-48-52-56-62(67)68-57-53-49-45-41-37-33-30-28-26-24-22-20-18-17-19-21-23-25-27-29-31-35-39-43-47-51-55-61(66)63-59(58-64)60(65)54-50-46-42-38-34-14-12-10-8-6-4-2/h17,19,59-60,64-65H,3-16,18,20-58H2,1-2H3,(H,63,66)/b19-17-. The Balaban J connectivity index is 3.35. The molecule has 6 heteroatoms. The highest BCUT2D eigenvalue weighted by Crippen LogP contribution is 2.18. The Kier molecular flexibility index (Phi) is 57.0. The number of rotatable bonds is 58. The average molecular weight is 961 g/mol. The topological polar surface area (TPSA) is 95.9 Å². The smallest absolute Gasteiger partial charge is 0.305 e. The van der Waals surface area contributed by atoms with E-state index < -0.39 is 12.1 Å². The van der Waals surface area contributed by atoms with E-state index >= 15 is 0 Å². The van der Waals surface area contributed by atoms with Crippen molar-refractivity contribution in [2.24, 2.45) is 0 Å². The zero-order valence-corrected chi connectivity index (χ0v) is 46.1. The van der Waals surface area contributed by atoms with Crippen molar-refractivity contribution >= 4 is 11.9 Å². The van der Waals surface area contributed by atoms with Gasteiger partial charge >= 0.3 is 5.97 Å². The molecule has 0 saturated carbocycles. The summed E-state index contributed by atoms with van der Waals surface area (Å²) < 4.78 is 5.49. The van der Waals surface area contributed by atoms with Crippen LogP contribution in [0.1, 0.15) is 348 Å².